The van der Waals surface area contributed by atoms with Crippen LogP contribution >= 0.6 is 0 Å². The van der Waals surface area contributed by atoms with Gasteiger partial charge in [0.1, 0.15) is 11.4 Å². The first-order valence-corrected chi connectivity index (χ1v) is 12.1. The Hall–Kier alpha value is -3.78. The summed E-state index contributed by atoms with van der Waals surface area (Å²) in [7, 11) is 0. The zero-order valence-corrected chi connectivity index (χ0v) is 20.7. The number of rotatable bonds is 5. The predicted molar refractivity (Wildman–Crippen MR) is 135 cm³/mol. The first-order valence-electron chi connectivity index (χ1n) is 12.1. The SMILES string of the molecule is CC(C)(C)OC(=O)N[C@@H]1CCN(C(c2cccc(-c3cccnc3)c2)c2cc3c(cc2O)OCO3)C1. The molecule has 1 unspecified atom stereocenters. The number of alkyl carbamates (subject to hydrolysis) is 1. The molecule has 3 aromatic rings. The van der Waals surface area contributed by atoms with Crippen molar-refractivity contribution in [3.05, 3.63) is 72.1 Å². The molecule has 0 spiro atoms. The third-order valence-electron chi connectivity index (χ3n) is 6.32. The molecule has 1 amide bonds. The van der Waals surface area contributed by atoms with E-state index >= 15 is 0 Å². The highest BCUT2D eigenvalue weighted by molar-refractivity contribution is 5.68. The Morgan fingerprint density at radius 1 is 1.14 bits per heavy atom. The molecule has 2 atom stereocenters. The molecule has 1 aromatic heterocycles. The van der Waals surface area contributed by atoms with Crippen molar-refractivity contribution in [1.29, 1.82) is 0 Å². The molecule has 188 valence electrons. The second-order valence-electron chi connectivity index (χ2n) is 10.2. The Labute approximate surface area is 210 Å². The van der Waals surface area contributed by atoms with Crippen molar-refractivity contribution in [3.8, 4) is 28.4 Å². The van der Waals surface area contributed by atoms with Gasteiger partial charge in [0.05, 0.1) is 6.04 Å². The van der Waals surface area contributed by atoms with Gasteiger partial charge in [0.25, 0.3) is 0 Å². The van der Waals surface area contributed by atoms with Gasteiger partial charge in [-0.1, -0.05) is 24.3 Å². The summed E-state index contributed by atoms with van der Waals surface area (Å²) < 4.78 is 16.5. The molecular weight excluding hydrogens is 458 g/mol. The number of fused-ring (bicyclic) bond motifs is 1. The van der Waals surface area contributed by atoms with E-state index in [4.69, 9.17) is 14.2 Å². The van der Waals surface area contributed by atoms with Crippen LogP contribution in [0.15, 0.2) is 60.9 Å². The van der Waals surface area contributed by atoms with E-state index in [1.807, 2.05) is 57.3 Å². The molecule has 36 heavy (non-hydrogen) atoms. The summed E-state index contributed by atoms with van der Waals surface area (Å²) in [6, 6.07) is 15.3. The van der Waals surface area contributed by atoms with Crippen molar-refractivity contribution in [3.63, 3.8) is 0 Å². The number of hydrogen-bond donors (Lipinski definition) is 2. The minimum Gasteiger partial charge on any atom is -0.507 e. The molecule has 1 fully saturated rings. The monoisotopic (exact) mass is 489 g/mol. The smallest absolute Gasteiger partial charge is 0.407 e. The summed E-state index contributed by atoms with van der Waals surface area (Å²) in [6.45, 7) is 7.01. The Kier molecular flexibility index (Phi) is 6.45. The van der Waals surface area contributed by atoms with Crippen LogP contribution < -0.4 is 14.8 Å². The number of likely N-dealkylation sites (tertiary alicyclic amines) is 1. The van der Waals surface area contributed by atoms with Crippen molar-refractivity contribution in [2.45, 2.75) is 44.9 Å². The molecule has 2 aliphatic rings. The van der Waals surface area contributed by atoms with Gasteiger partial charge in [-0.15, -0.1) is 0 Å². The topological polar surface area (TPSA) is 93.2 Å². The number of benzene rings is 2. The number of ether oxygens (including phenoxy) is 3. The zero-order valence-electron chi connectivity index (χ0n) is 20.7. The second-order valence-corrected chi connectivity index (χ2v) is 10.2. The highest BCUT2D eigenvalue weighted by Gasteiger charge is 2.34. The Morgan fingerprint density at radius 2 is 1.92 bits per heavy atom. The van der Waals surface area contributed by atoms with Crippen LogP contribution in [-0.2, 0) is 4.74 Å². The molecule has 0 bridgehead atoms. The molecule has 2 N–H and O–H groups in total. The average Bonchev–Trinajstić information content (AvgIpc) is 3.48. The summed E-state index contributed by atoms with van der Waals surface area (Å²) in [5.41, 5.74) is 3.23. The van der Waals surface area contributed by atoms with Gasteiger partial charge in [-0.2, -0.15) is 0 Å². The molecule has 1 saturated heterocycles. The predicted octanol–water partition coefficient (Wildman–Crippen LogP) is 4.87. The number of nitrogens with zero attached hydrogens (tertiary/aromatic N) is 2. The van der Waals surface area contributed by atoms with Crippen LogP contribution in [-0.4, -0.2) is 52.6 Å². The van der Waals surface area contributed by atoms with Gasteiger partial charge in [-0.25, -0.2) is 4.79 Å². The lowest BCUT2D eigenvalue weighted by molar-refractivity contribution is 0.0505. The van der Waals surface area contributed by atoms with Crippen LogP contribution in [0.3, 0.4) is 0 Å². The largest absolute Gasteiger partial charge is 0.507 e. The second kappa shape index (κ2) is 9.70. The van der Waals surface area contributed by atoms with Gasteiger partial charge >= 0.3 is 6.09 Å². The standard InChI is InChI=1S/C28H31N3O5/c1-28(2,3)36-27(33)30-21-9-11-31(16-21)26(22-13-24-25(14-23(22)32)35-17-34-24)19-7-4-6-18(12-19)20-8-5-10-29-15-20/h4-8,10,12-15,21,26,32H,9,11,16-17H2,1-3H3,(H,30,33)/t21-,26?/m1/s1. The van der Waals surface area contributed by atoms with Crippen LogP contribution in [0.2, 0.25) is 0 Å². The molecule has 5 rings (SSSR count). The number of aromatic nitrogens is 1. The van der Waals surface area contributed by atoms with Gasteiger partial charge in [0.2, 0.25) is 6.79 Å². The van der Waals surface area contributed by atoms with Crippen LogP contribution in [0.5, 0.6) is 17.2 Å². The fraction of sp³-hybridized carbons (Fsp3) is 0.357. The molecular formula is C28H31N3O5. The van der Waals surface area contributed by atoms with Crippen molar-refractivity contribution < 1.29 is 24.1 Å². The van der Waals surface area contributed by atoms with Crippen molar-refractivity contribution in [1.82, 2.24) is 15.2 Å². The minimum atomic E-state index is -0.560. The van der Waals surface area contributed by atoms with E-state index in [-0.39, 0.29) is 24.6 Å². The quantitative estimate of drug-likeness (QED) is 0.528. The van der Waals surface area contributed by atoms with E-state index < -0.39 is 11.7 Å². The fourth-order valence-electron chi connectivity index (χ4n) is 4.79. The average molecular weight is 490 g/mol. The van der Waals surface area contributed by atoms with Crippen molar-refractivity contribution in [2.24, 2.45) is 0 Å². The molecule has 8 heteroatoms. The summed E-state index contributed by atoms with van der Waals surface area (Å²) in [4.78, 5) is 18.9. The molecule has 2 aliphatic heterocycles. The molecule has 0 radical (unpaired) electrons. The van der Waals surface area contributed by atoms with Gasteiger partial charge in [-0.3, -0.25) is 9.88 Å². The maximum Gasteiger partial charge on any atom is 0.407 e. The molecule has 0 saturated carbocycles. The number of carbonyl (C=O) groups is 1. The number of pyridine rings is 1. The van der Waals surface area contributed by atoms with E-state index in [1.54, 1.807) is 12.3 Å². The first-order chi connectivity index (χ1) is 17.3. The zero-order chi connectivity index (χ0) is 25.3. The van der Waals surface area contributed by atoms with E-state index in [9.17, 15) is 9.90 Å². The number of carbonyl (C=O) groups excluding carboxylic acids is 1. The van der Waals surface area contributed by atoms with Crippen LogP contribution in [0.1, 0.15) is 44.4 Å². The highest BCUT2D eigenvalue weighted by atomic mass is 16.7. The number of aromatic hydroxyl groups is 1. The van der Waals surface area contributed by atoms with Gasteiger partial charge < -0.3 is 24.6 Å². The third-order valence-corrected chi connectivity index (χ3v) is 6.32. The first kappa shape index (κ1) is 23.9. The number of phenolic OH excluding ortho intramolecular Hbond substituents is 1. The maximum atomic E-state index is 12.4. The van der Waals surface area contributed by atoms with Gasteiger partial charge in [-0.05, 0) is 62.1 Å². The van der Waals surface area contributed by atoms with Gasteiger partial charge in [0, 0.05) is 43.2 Å². The summed E-state index contributed by atoms with van der Waals surface area (Å²) in [6.07, 6.45) is 3.94. The van der Waals surface area contributed by atoms with Crippen LogP contribution in [0, 0.1) is 0 Å². The Bertz CT molecular complexity index is 1240. The highest BCUT2D eigenvalue weighted by Crippen LogP contribution is 2.44. The Morgan fingerprint density at radius 3 is 2.67 bits per heavy atom. The minimum absolute atomic E-state index is 0.0694. The fourth-order valence-corrected chi connectivity index (χ4v) is 4.79. The van der Waals surface area contributed by atoms with Crippen LogP contribution in [0.4, 0.5) is 4.79 Å². The Balaban J connectivity index is 1.47. The normalized spacial score (nSPS) is 18.1. The lowest BCUT2D eigenvalue weighted by atomic mass is 9.93. The summed E-state index contributed by atoms with van der Waals surface area (Å²) in [5.74, 6) is 1.28. The molecule has 3 heterocycles. The third kappa shape index (κ3) is 5.23. The summed E-state index contributed by atoms with van der Waals surface area (Å²) >= 11 is 0. The number of phenols is 1. The number of hydrogen-bond acceptors (Lipinski definition) is 7. The lowest BCUT2D eigenvalue weighted by Gasteiger charge is -2.30. The van der Waals surface area contributed by atoms with Crippen molar-refractivity contribution >= 4 is 6.09 Å². The van der Waals surface area contributed by atoms with E-state index in [1.165, 1.54) is 0 Å². The number of amides is 1. The molecule has 8 nitrogen and oxygen atoms in total. The van der Waals surface area contributed by atoms with E-state index in [0.717, 1.165) is 35.2 Å². The molecule has 2 aromatic carbocycles. The maximum absolute atomic E-state index is 12.4. The molecule has 0 aliphatic carbocycles. The van der Waals surface area contributed by atoms with Crippen molar-refractivity contribution in [2.75, 3.05) is 19.9 Å². The lowest BCUT2D eigenvalue weighted by Crippen LogP contribution is -2.41. The number of nitrogens with one attached hydrogen (secondary N) is 1. The van der Waals surface area contributed by atoms with Crippen LogP contribution in [0.25, 0.3) is 11.1 Å². The van der Waals surface area contributed by atoms with E-state index in [0.29, 0.717) is 18.0 Å². The van der Waals surface area contributed by atoms with Gasteiger partial charge in [0.15, 0.2) is 11.5 Å². The van der Waals surface area contributed by atoms with E-state index in [2.05, 4.69) is 27.3 Å². The summed E-state index contributed by atoms with van der Waals surface area (Å²) in [5, 5.41) is 14.0.